The Labute approximate surface area is 301 Å². The summed E-state index contributed by atoms with van der Waals surface area (Å²) < 4.78 is 5.33. The van der Waals surface area contributed by atoms with Crippen LogP contribution in [0.5, 0.6) is 0 Å². The van der Waals surface area contributed by atoms with Crippen LogP contribution in [0.4, 0.5) is 0 Å². The smallest absolute Gasteiger partial charge is 0.337 e. The fourth-order valence-electron chi connectivity index (χ4n) is 7.15. The van der Waals surface area contributed by atoms with E-state index in [0.717, 1.165) is 63.5 Å². The van der Waals surface area contributed by atoms with Crippen molar-refractivity contribution in [1.29, 1.82) is 0 Å². The first kappa shape index (κ1) is 39.4. The first-order valence-corrected chi connectivity index (χ1v) is 19.5. The lowest BCUT2D eigenvalue weighted by Gasteiger charge is -2.32. The van der Waals surface area contributed by atoms with Crippen molar-refractivity contribution in [3.05, 3.63) is 46.7 Å². The molecule has 2 N–H and O–H groups in total. The van der Waals surface area contributed by atoms with Gasteiger partial charge in [0, 0.05) is 62.9 Å². The maximum absolute atomic E-state index is 14.2. The maximum atomic E-state index is 14.2. The van der Waals surface area contributed by atoms with Crippen LogP contribution in [0, 0.1) is 17.8 Å². The predicted molar refractivity (Wildman–Crippen MR) is 193 cm³/mol. The molecule has 2 fully saturated rings. The number of likely N-dealkylation sites (N-methyl/N-ethyl adjacent to an activating group) is 1. The third-order valence-electron chi connectivity index (χ3n) is 10.0. The van der Waals surface area contributed by atoms with Gasteiger partial charge in [-0.25, -0.2) is 9.78 Å². The number of aliphatic hydroxyl groups excluding tert-OH is 1. The Bertz CT molecular complexity index is 1330. The van der Waals surface area contributed by atoms with Gasteiger partial charge in [-0.05, 0) is 57.1 Å². The van der Waals surface area contributed by atoms with Gasteiger partial charge in [0.25, 0.3) is 0 Å². The highest BCUT2D eigenvalue weighted by molar-refractivity contribution is 7.09. The van der Waals surface area contributed by atoms with E-state index in [1.54, 1.807) is 43.1 Å². The van der Waals surface area contributed by atoms with Crippen LogP contribution in [0.2, 0.25) is 0 Å². The third-order valence-corrected chi connectivity index (χ3v) is 10.8. The summed E-state index contributed by atoms with van der Waals surface area (Å²) in [6.07, 6.45) is 13.3. The summed E-state index contributed by atoms with van der Waals surface area (Å²) in [5.41, 5.74) is 0.891. The molecule has 12 heteroatoms. The molecule has 3 amide bonds. The van der Waals surface area contributed by atoms with Crippen LogP contribution in [0.1, 0.15) is 102 Å². The molecule has 0 unspecified atom stereocenters. The first-order chi connectivity index (χ1) is 24.1. The topological polar surface area (TPSA) is 142 Å². The molecule has 2 aromatic rings. The number of hydrogen-bond donors (Lipinski definition) is 2. The Balaban J connectivity index is 1.50. The van der Waals surface area contributed by atoms with Crippen LogP contribution in [0.15, 0.2) is 36.0 Å². The van der Waals surface area contributed by atoms with Gasteiger partial charge in [0.05, 0.1) is 29.6 Å². The second-order valence-electron chi connectivity index (χ2n) is 14.5. The number of aromatic nitrogens is 2. The zero-order valence-corrected chi connectivity index (χ0v) is 31.0. The van der Waals surface area contributed by atoms with E-state index in [0.29, 0.717) is 36.9 Å². The summed E-state index contributed by atoms with van der Waals surface area (Å²) in [7, 11) is 1.75. The Morgan fingerprint density at radius 2 is 1.66 bits per heavy atom. The van der Waals surface area contributed by atoms with Crippen LogP contribution in [-0.4, -0.2) is 93.5 Å². The molecule has 2 aromatic heterocycles. The van der Waals surface area contributed by atoms with E-state index in [-0.39, 0.29) is 37.1 Å². The summed E-state index contributed by atoms with van der Waals surface area (Å²) in [5.74, 6) is -1.84. The maximum Gasteiger partial charge on any atom is 0.337 e. The molecule has 0 saturated heterocycles. The highest BCUT2D eigenvalue weighted by Crippen LogP contribution is 2.29. The quantitative estimate of drug-likeness (QED) is 0.207. The van der Waals surface area contributed by atoms with E-state index in [2.05, 4.69) is 15.3 Å². The minimum atomic E-state index is -1.53. The van der Waals surface area contributed by atoms with Gasteiger partial charge in [0.2, 0.25) is 17.7 Å². The van der Waals surface area contributed by atoms with Crippen molar-refractivity contribution in [3.63, 3.8) is 0 Å². The lowest BCUT2D eigenvalue weighted by Crippen LogP contribution is -2.51. The van der Waals surface area contributed by atoms with E-state index in [9.17, 15) is 24.3 Å². The van der Waals surface area contributed by atoms with Gasteiger partial charge >= 0.3 is 5.97 Å². The number of carbonyl (C=O) groups excluding carboxylic acids is 4. The molecule has 0 radical (unpaired) electrons. The number of hydrogen-bond acceptors (Lipinski definition) is 9. The summed E-state index contributed by atoms with van der Waals surface area (Å²) in [4.78, 5) is 66.7. The molecule has 0 bridgehead atoms. The zero-order chi connectivity index (χ0) is 35.9. The minimum Gasteiger partial charge on any atom is -0.461 e. The number of esters is 1. The van der Waals surface area contributed by atoms with Crippen molar-refractivity contribution >= 4 is 35.0 Å². The van der Waals surface area contributed by atoms with Crippen LogP contribution in [0.25, 0.3) is 0 Å². The highest BCUT2D eigenvalue weighted by Gasteiger charge is 2.35. The Hall–Kier alpha value is -3.38. The zero-order valence-electron chi connectivity index (χ0n) is 30.1. The third kappa shape index (κ3) is 13.1. The molecule has 276 valence electrons. The average Bonchev–Trinajstić information content (AvgIpc) is 3.63. The predicted octanol–water partition coefficient (Wildman–Crippen LogP) is 4.96. The van der Waals surface area contributed by atoms with Gasteiger partial charge in [-0.15, -0.1) is 11.3 Å². The monoisotopic (exact) mass is 711 g/mol. The molecule has 2 aliphatic carbocycles. The molecule has 0 spiro atoms. The molecular weight excluding hydrogens is 655 g/mol. The van der Waals surface area contributed by atoms with Gasteiger partial charge in [0.15, 0.2) is 6.10 Å². The molecular formula is C38H57N5O6S. The van der Waals surface area contributed by atoms with Crippen molar-refractivity contribution in [1.82, 2.24) is 25.1 Å². The van der Waals surface area contributed by atoms with Gasteiger partial charge < -0.3 is 25.0 Å². The van der Waals surface area contributed by atoms with E-state index >= 15 is 0 Å². The number of aliphatic hydroxyl groups is 1. The molecule has 2 saturated carbocycles. The van der Waals surface area contributed by atoms with E-state index in [4.69, 9.17) is 4.74 Å². The Kier molecular flexibility index (Phi) is 16.1. The van der Waals surface area contributed by atoms with Crippen LogP contribution >= 0.6 is 11.3 Å². The standard InChI is InChI=1S/C38H57N5O6S/c1-27(2)49-38(48)36(46)32(22-28-12-6-4-7-13-28)41-37(47)30(23-33-40-19-21-50-33)24-34(44)43(25-29-14-8-5-9-15-29)26-35(45)42(3)20-17-31-16-10-11-18-39-31/h10-11,16,18-19,21,27-30,32,36,46H,4-9,12-15,17,20,22-26H2,1-3H3,(H,41,47)/t30-,32+,36-/m1/s1. The SMILES string of the molecule is CC(C)OC(=O)[C@H](O)[C@H](CC1CCCCC1)NC(=O)[C@@H](CC(=O)N(CC(=O)N(C)CCc1ccccn1)CC1CCCCC1)Cc1nccs1. The van der Waals surface area contributed by atoms with E-state index in [1.807, 2.05) is 23.6 Å². The number of rotatable bonds is 18. The fourth-order valence-corrected chi connectivity index (χ4v) is 7.85. The molecule has 0 aliphatic heterocycles. The van der Waals surface area contributed by atoms with Gasteiger partial charge in [-0.1, -0.05) is 57.4 Å². The second kappa shape index (κ2) is 20.5. The molecule has 4 rings (SSSR count). The summed E-state index contributed by atoms with van der Waals surface area (Å²) >= 11 is 1.41. The van der Waals surface area contributed by atoms with Crippen molar-refractivity contribution in [3.8, 4) is 0 Å². The number of amides is 3. The van der Waals surface area contributed by atoms with Crippen LogP contribution in [-0.2, 0) is 36.8 Å². The number of pyridine rings is 1. The number of ether oxygens (including phenoxy) is 1. The lowest BCUT2D eigenvalue weighted by molar-refractivity contribution is -0.159. The van der Waals surface area contributed by atoms with Crippen LogP contribution < -0.4 is 5.32 Å². The summed E-state index contributed by atoms with van der Waals surface area (Å²) in [6, 6.07) is 4.85. The van der Waals surface area contributed by atoms with Crippen molar-refractivity contribution in [2.24, 2.45) is 17.8 Å². The van der Waals surface area contributed by atoms with Gasteiger partial charge in [-0.3, -0.25) is 19.4 Å². The Morgan fingerprint density at radius 3 is 2.28 bits per heavy atom. The molecule has 2 heterocycles. The highest BCUT2D eigenvalue weighted by atomic mass is 32.1. The van der Waals surface area contributed by atoms with E-state index < -0.39 is 36.0 Å². The van der Waals surface area contributed by atoms with E-state index in [1.165, 1.54) is 17.8 Å². The Morgan fingerprint density at radius 1 is 0.960 bits per heavy atom. The summed E-state index contributed by atoms with van der Waals surface area (Å²) in [5, 5.41) is 16.7. The van der Waals surface area contributed by atoms with Crippen LogP contribution in [0.3, 0.4) is 0 Å². The molecule has 50 heavy (non-hydrogen) atoms. The average molecular weight is 712 g/mol. The van der Waals surface area contributed by atoms with Gasteiger partial charge in [0.1, 0.15) is 0 Å². The van der Waals surface area contributed by atoms with Crippen molar-refractivity contribution < 1.29 is 29.0 Å². The van der Waals surface area contributed by atoms with Crippen molar-refractivity contribution in [2.75, 3.05) is 26.7 Å². The van der Waals surface area contributed by atoms with Gasteiger partial charge in [-0.2, -0.15) is 0 Å². The molecule has 2 aliphatic rings. The molecule has 0 aromatic carbocycles. The number of thiazole rings is 1. The fraction of sp³-hybridized carbons (Fsp3) is 0.684. The number of nitrogens with one attached hydrogen (secondary N) is 1. The number of carbonyl (C=O) groups is 4. The number of nitrogens with zero attached hydrogens (tertiary/aromatic N) is 4. The molecule has 11 nitrogen and oxygen atoms in total. The normalized spacial score (nSPS) is 17.5. The first-order valence-electron chi connectivity index (χ1n) is 18.6. The molecule has 3 atom stereocenters. The second-order valence-corrected chi connectivity index (χ2v) is 15.5. The lowest BCUT2D eigenvalue weighted by atomic mass is 9.83. The minimum absolute atomic E-state index is 0.0658. The largest absolute Gasteiger partial charge is 0.461 e. The summed E-state index contributed by atoms with van der Waals surface area (Å²) in [6.45, 7) is 4.31. The van der Waals surface area contributed by atoms with Crippen molar-refractivity contribution in [2.45, 2.75) is 122 Å².